The van der Waals surface area contributed by atoms with E-state index in [-0.39, 0.29) is 12.4 Å². The molecule has 21 heavy (non-hydrogen) atoms. The van der Waals surface area contributed by atoms with E-state index in [4.69, 9.17) is 4.74 Å². The molecule has 1 amide bonds. The van der Waals surface area contributed by atoms with Gasteiger partial charge in [0.25, 0.3) is 5.91 Å². The highest BCUT2D eigenvalue weighted by atomic mass is 32.2. The van der Waals surface area contributed by atoms with Crippen LogP contribution in [0, 0.1) is 11.6 Å². The second-order valence-electron chi connectivity index (χ2n) is 4.11. The Bertz CT molecular complexity index is 649. The van der Waals surface area contributed by atoms with E-state index in [0.717, 1.165) is 17.0 Å². The molecule has 0 saturated carbocycles. The van der Waals surface area contributed by atoms with Gasteiger partial charge in [-0.15, -0.1) is 11.8 Å². The van der Waals surface area contributed by atoms with Crippen molar-refractivity contribution in [2.75, 3.05) is 18.2 Å². The van der Waals surface area contributed by atoms with Gasteiger partial charge in [-0.05, 0) is 30.5 Å². The van der Waals surface area contributed by atoms with Crippen molar-refractivity contribution < 1.29 is 18.3 Å². The van der Waals surface area contributed by atoms with Gasteiger partial charge in [-0.2, -0.15) is 0 Å². The maximum Gasteiger partial charge on any atom is 0.262 e. The van der Waals surface area contributed by atoms with Crippen molar-refractivity contribution in [3.05, 3.63) is 54.1 Å². The number of halogens is 2. The molecule has 2 rings (SSSR count). The molecule has 0 aliphatic heterocycles. The molecule has 0 bridgehead atoms. The third-order valence-corrected chi connectivity index (χ3v) is 3.43. The minimum absolute atomic E-state index is 0.162. The number of carbonyl (C=O) groups excluding carboxylic acids is 1. The first-order valence-electron chi connectivity index (χ1n) is 6.11. The Morgan fingerprint density at radius 1 is 1.24 bits per heavy atom. The molecular weight excluding hydrogens is 296 g/mol. The Morgan fingerprint density at radius 2 is 2.00 bits per heavy atom. The number of rotatable bonds is 5. The summed E-state index contributed by atoms with van der Waals surface area (Å²) in [6.45, 7) is -0.356. The van der Waals surface area contributed by atoms with Crippen LogP contribution >= 0.6 is 11.8 Å². The van der Waals surface area contributed by atoms with Crippen molar-refractivity contribution in [1.29, 1.82) is 0 Å². The van der Waals surface area contributed by atoms with Crippen LogP contribution in [-0.2, 0) is 4.79 Å². The summed E-state index contributed by atoms with van der Waals surface area (Å²) in [5, 5.41) is 2.68. The van der Waals surface area contributed by atoms with Crippen LogP contribution in [0.15, 0.2) is 47.4 Å². The molecule has 0 heterocycles. The zero-order chi connectivity index (χ0) is 15.2. The molecule has 0 unspecified atom stereocenters. The van der Waals surface area contributed by atoms with Gasteiger partial charge in [0, 0.05) is 11.0 Å². The van der Waals surface area contributed by atoms with Crippen molar-refractivity contribution >= 4 is 23.4 Å². The number of nitrogens with one attached hydrogen (secondary N) is 1. The molecule has 0 radical (unpaired) electrons. The first kappa shape index (κ1) is 15.3. The molecule has 3 nitrogen and oxygen atoms in total. The van der Waals surface area contributed by atoms with Crippen molar-refractivity contribution in [2.45, 2.75) is 4.90 Å². The second kappa shape index (κ2) is 7.08. The number of hydrogen-bond donors (Lipinski definition) is 1. The molecule has 0 aromatic heterocycles. The lowest BCUT2D eigenvalue weighted by molar-refractivity contribution is -0.118. The highest BCUT2D eigenvalue weighted by Gasteiger charge is 2.09. The van der Waals surface area contributed by atoms with E-state index in [9.17, 15) is 13.6 Å². The predicted molar refractivity (Wildman–Crippen MR) is 78.7 cm³/mol. The summed E-state index contributed by atoms with van der Waals surface area (Å²) in [5.74, 6) is -2.12. The normalized spacial score (nSPS) is 10.2. The number of carbonyl (C=O) groups is 1. The minimum Gasteiger partial charge on any atom is -0.481 e. The summed E-state index contributed by atoms with van der Waals surface area (Å²) in [4.78, 5) is 12.7. The lowest BCUT2D eigenvalue weighted by Gasteiger charge is -2.10. The van der Waals surface area contributed by atoms with Crippen molar-refractivity contribution in [3.63, 3.8) is 0 Å². The van der Waals surface area contributed by atoms with Gasteiger partial charge >= 0.3 is 0 Å². The molecule has 0 saturated heterocycles. The van der Waals surface area contributed by atoms with Crippen molar-refractivity contribution in [1.82, 2.24) is 0 Å². The third kappa shape index (κ3) is 4.19. The lowest BCUT2D eigenvalue weighted by atomic mass is 10.3. The fraction of sp³-hybridized carbons (Fsp3) is 0.133. The highest BCUT2D eigenvalue weighted by molar-refractivity contribution is 7.98. The van der Waals surface area contributed by atoms with E-state index in [1.165, 1.54) is 11.8 Å². The van der Waals surface area contributed by atoms with Gasteiger partial charge in [-0.1, -0.05) is 12.1 Å². The zero-order valence-electron chi connectivity index (χ0n) is 11.2. The van der Waals surface area contributed by atoms with Crippen LogP contribution in [0.1, 0.15) is 0 Å². The molecule has 0 aliphatic rings. The van der Waals surface area contributed by atoms with Gasteiger partial charge in [0.15, 0.2) is 18.2 Å². The Balaban J connectivity index is 1.96. The standard InChI is InChI=1S/C15H13F2NO2S/c1-21-14-5-3-2-4-12(14)18-15(19)9-20-13-7-6-10(16)8-11(13)17/h2-8H,9H2,1H3,(H,18,19). The van der Waals surface area contributed by atoms with Crippen molar-refractivity contribution in [2.24, 2.45) is 0 Å². The quantitative estimate of drug-likeness (QED) is 0.856. The maximum atomic E-state index is 13.3. The molecular formula is C15H13F2NO2S. The van der Waals surface area contributed by atoms with Crippen molar-refractivity contribution in [3.8, 4) is 5.75 Å². The van der Waals surface area contributed by atoms with Gasteiger partial charge in [-0.3, -0.25) is 4.79 Å². The van der Waals surface area contributed by atoms with E-state index in [1.54, 1.807) is 12.1 Å². The van der Waals surface area contributed by atoms with Crippen LogP contribution in [0.3, 0.4) is 0 Å². The Hall–Kier alpha value is -2.08. The summed E-state index contributed by atoms with van der Waals surface area (Å²) in [6.07, 6.45) is 1.90. The van der Waals surface area contributed by atoms with E-state index in [2.05, 4.69) is 5.32 Å². The molecule has 0 aliphatic carbocycles. The fourth-order valence-corrected chi connectivity index (χ4v) is 2.22. The highest BCUT2D eigenvalue weighted by Crippen LogP contribution is 2.24. The summed E-state index contributed by atoms with van der Waals surface area (Å²) in [6, 6.07) is 10.2. The second-order valence-corrected chi connectivity index (χ2v) is 4.96. The number of hydrogen-bond acceptors (Lipinski definition) is 3. The van der Waals surface area contributed by atoms with E-state index in [1.807, 2.05) is 18.4 Å². The first-order chi connectivity index (χ1) is 10.1. The topological polar surface area (TPSA) is 38.3 Å². The van der Waals surface area contributed by atoms with Gasteiger partial charge in [0.05, 0.1) is 5.69 Å². The molecule has 0 fully saturated rings. The molecule has 0 spiro atoms. The van der Waals surface area contributed by atoms with Crippen LogP contribution in [0.5, 0.6) is 5.75 Å². The van der Waals surface area contributed by atoms with Gasteiger partial charge in [0.1, 0.15) is 5.82 Å². The monoisotopic (exact) mass is 309 g/mol. The smallest absolute Gasteiger partial charge is 0.262 e. The average molecular weight is 309 g/mol. The Morgan fingerprint density at radius 3 is 2.71 bits per heavy atom. The minimum atomic E-state index is -0.840. The zero-order valence-corrected chi connectivity index (χ0v) is 12.0. The van der Waals surface area contributed by atoms with E-state index in [0.29, 0.717) is 11.8 Å². The molecule has 2 aromatic carbocycles. The molecule has 1 N–H and O–H groups in total. The molecule has 2 aromatic rings. The number of benzene rings is 2. The summed E-state index contributed by atoms with van der Waals surface area (Å²) >= 11 is 1.50. The number of ether oxygens (including phenoxy) is 1. The average Bonchev–Trinajstić information content (AvgIpc) is 2.47. The number of amides is 1. The number of anilines is 1. The summed E-state index contributed by atoms with van der Waals surface area (Å²) in [7, 11) is 0. The van der Waals surface area contributed by atoms with Crippen LogP contribution in [0.4, 0.5) is 14.5 Å². The maximum absolute atomic E-state index is 13.3. The van der Waals surface area contributed by atoms with Crippen LogP contribution in [-0.4, -0.2) is 18.8 Å². The third-order valence-electron chi connectivity index (χ3n) is 2.63. The summed E-state index contributed by atoms with van der Waals surface area (Å²) in [5.41, 5.74) is 0.665. The number of para-hydroxylation sites is 1. The van der Waals surface area contributed by atoms with Crippen LogP contribution in [0.2, 0.25) is 0 Å². The fourth-order valence-electron chi connectivity index (χ4n) is 1.67. The molecule has 110 valence electrons. The SMILES string of the molecule is CSc1ccccc1NC(=O)COc1ccc(F)cc1F. The van der Waals surface area contributed by atoms with E-state index < -0.39 is 17.5 Å². The van der Waals surface area contributed by atoms with Crippen LogP contribution in [0.25, 0.3) is 0 Å². The molecule has 6 heteroatoms. The van der Waals surface area contributed by atoms with Crippen LogP contribution < -0.4 is 10.1 Å². The Kier molecular flexibility index (Phi) is 5.16. The first-order valence-corrected chi connectivity index (χ1v) is 7.33. The molecule has 0 atom stereocenters. The van der Waals surface area contributed by atoms with Gasteiger partial charge in [-0.25, -0.2) is 8.78 Å². The lowest BCUT2D eigenvalue weighted by Crippen LogP contribution is -2.20. The Labute approximate surface area is 125 Å². The van der Waals surface area contributed by atoms with E-state index >= 15 is 0 Å². The van der Waals surface area contributed by atoms with Gasteiger partial charge < -0.3 is 10.1 Å². The number of thioether (sulfide) groups is 1. The summed E-state index contributed by atoms with van der Waals surface area (Å²) < 4.78 is 31.1. The largest absolute Gasteiger partial charge is 0.481 e. The predicted octanol–water partition coefficient (Wildman–Crippen LogP) is 3.70. The van der Waals surface area contributed by atoms with Gasteiger partial charge in [0.2, 0.25) is 0 Å².